The van der Waals surface area contributed by atoms with Gasteiger partial charge in [0.15, 0.2) is 5.41 Å². The second kappa shape index (κ2) is 9.91. The van der Waals surface area contributed by atoms with Crippen LogP contribution in [0.5, 0.6) is 0 Å². The Balaban J connectivity index is 3.30. The van der Waals surface area contributed by atoms with Crippen LogP contribution in [-0.2, 0) is 19.1 Å². The van der Waals surface area contributed by atoms with E-state index in [0.717, 1.165) is 6.42 Å². The third kappa shape index (κ3) is 4.18. The van der Waals surface area contributed by atoms with Crippen molar-refractivity contribution in [1.29, 1.82) is 0 Å². The van der Waals surface area contributed by atoms with Gasteiger partial charge in [-0.3, -0.25) is 9.59 Å². The zero-order valence-electron chi connectivity index (χ0n) is 18.0. The molecule has 0 N–H and O–H groups in total. The molecule has 0 aromatic carbocycles. The Morgan fingerprint density at radius 3 is 1.73 bits per heavy atom. The SMILES string of the molecule is CCOC(=O)C1(C(=O)OCC)C[C@@H](CC)[C@H](C[Si](CC)(CC)CC)C1C. The smallest absolute Gasteiger partial charge is 0.323 e. The minimum atomic E-state index is -1.36. The molecule has 0 radical (unpaired) electrons. The summed E-state index contributed by atoms with van der Waals surface area (Å²) in [7, 11) is -1.36. The topological polar surface area (TPSA) is 52.6 Å². The summed E-state index contributed by atoms with van der Waals surface area (Å²) in [5, 5.41) is 0. The first-order chi connectivity index (χ1) is 12.3. The third-order valence-electron chi connectivity index (χ3n) is 7.33. The summed E-state index contributed by atoms with van der Waals surface area (Å²) >= 11 is 0. The van der Waals surface area contributed by atoms with Gasteiger partial charge < -0.3 is 9.47 Å². The summed E-state index contributed by atoms with van der Waals surface area (Å²) in [6, 6.07) is 5.01. The second-order valence-electron chi connectivity index (χ2n) is 8.00. The summed E-state index contributed by atoms with van der Waals surface area (Å²) in [4.78, 5) is 25.9. The number of carbonyl (C=O) groups excluding carboxylic acids is 2. The Morgan fingerprint density at radius 1 is 0.923 bits per heavy atom. The molecule has 0 bridgehead atoms. The van der Waals surface area contributed by atoms with Crippen molar-refractivity contribution < 1.29 is 19.1 Å². The van der Waals surface area contributed by atoms with Crippen LogP contribution in [0.4, 0.5) is 0 Å². The van der Waals surface area contributed by atoms with Crippen LogP contribution in [-0.4, -0.2) is 33.2 Å². The quantitative estimate of drug-likeness (QED) is 0.292. The van der Waals surface area contributed by atoms with Crippen LogP contribution in [0.1, 0.15) is 61.3 Å². The highest BCUT2D eigenvalue weighted by Crippen LogP contribution is 2.56. The normalized spacial score (nSPS) is 25.1. The van der Waals surface area contributed by atoms with Crippen LogP contribution in [0, 0.1) is 23.2 Å². The molecule has 0 heterocycles. The lowest BCUT2D eigenvalue weighted by atomic mass is 9.76. The number of carbonyl (C=O) groups is 2. The Bertz CT molecular complexity index is 446. The van der Waals surface area contributed by atoms with Crippen molar-refractivity contribution in [3.05, 3.63) is 0 Å². The number of hydrogen-bond acceptors (Lipinski definition) is 4. The van der Waals surface area contributed by atoms with E-state index in [9.17, 15) is 9.59 Å². The molecule has 0 aromatic rings. The highest BCUT2D eigenvalue weighted by atomic mass is 28.3. The number of hydrogen-bond donors (Lipinski definition) is 0. The van der Waals surface area contributed by atoms with Crippen LogP contribution in [0.15, 0.2) is 0 Å². The van der Waals surface area contributed by atoms with Crippen LogP contribution < -0.4 is 0 Å². The first-order valence-electron chi connectivity index (χ1n) is 10.7. The molecule has 0 aliphatic heterocycles. The largest absolute Gasteiger partial charge is 0.465 e. The van der Waals surface area contributed by atoms with E-state index in [1.807, 2.05) is 0 Å². The van der Waals surface area contributed by atoms with E-state index in [1.165, 1.54) is 24.2 Å². The van der Waals surface area contributed by atoms with Crippen LogP contribution in [0.3, 0.4) is 0 Å². The van der Waals surface area contributed by atoms with Gasteiger partial charge >= 0.3 is 11.9 Å². The fourth-order valence-electron chi connectivity index (χ4n) is 5.14. The van der Waals surface area contributed by atoms with Gasteiger partial charge in [-0.1, -0.05) is 65.2 Å². The molecular formula is C21H40O4Si. The second-order valence-corrected chi connectivity index (χ2v) is 13.5. The minimum Gasteiger partial charge on any atom is -0.465 e. The van der Waals surface area contributed by atoms with Gasteiger partial charge in [-0.25, -0.2) is 0 Å². The molecule has 5 heteroatoms. The summed E-state index contributed by atoms with van der Waals surface area (Å²) in [6.45, 7) is 15.4. The van der Waals surface area contributed by atoms with Gasteiger partial charge in [0.1, 0.15) is 0 Å². The molecule has 0 spiro atoms. The molecule has 26 heavy (non-hydrogen) atoms. The van der Waals surface area contributed by atoms with Crippen LogP contribution in [0.25, 0.3) is 0 Å². The van der Waals surface area contributed by atoms with E-state index in [-0.39, 0.29) is 17.9 Å². The fraction of sp³-hybridized carbons (Fsp3) is 0.905. The maximum atomic E-state index is 13.0. The molecule has 3 atom stereocenters. The van der Waals surface area contributed by atoms with E-state index >= 15 is 0 Å². The van der Waals surface area contributed by atoms with E-state index < -0.39 is 13.5 Å². The highest BCUT2D eigenvalue weighted by Gasteiger charge is 2.62. The van der Waals surface area contributed by atoms with Crippen LogP contribution >= 0.6 is 0 Å². The van der Waals surface area contributed by atoms with Gasteiger partial charge in [0.25, 0.3) is 0 Å². The Kier molecular flexibility index (Phi) is 8.84. The molecular weight excluding hydrogens is 344 g/mol. The van der Waals surface area contributed by atoms with E-state index in [1.54, 1.807) is 13.8 Å². The average Bonchev–Trinajstić information content (AvgIpc) is 2.93. The zero-order chi connectivity index (χ0) is 20.0. The van der Waals surface area contributed by atoms with Crippen molar-refractivity contribution in [3.8, 4) is 0 Å². The molecule has 0 amide bonds. The molecule has 0 aromatic heterocycles. The summed E-state index contributed by atoms with van der Waals surface area (Å²) < 4.78 is 10.8. The van der Waals surface area contributed by atoms with Gasteiger partial charge in [0.2, 0.25) is 0 Å². The van der Waals surface area contributed by atoms with Gasteiger partial charge in [0.05, 0.1) is 21.3 Å². The Labute approximate surface area is 161 Å². The average molecular weight is 385 g/mol. The first-order valence-corrected chi connectivity index (χ1v) is 13.5. The predicted molar refractivity (Wildman–Crippen MR) is 109 cm³/mol. The lowest BCUT2D eigenvalue weighted by Crippen LogP contribution is -2.46. The summed E-state index contributed by atoms with van der Waals surface area (Å²) in [5.74, 6) is 0.0186. The van der Waals surface area contributed by atoms with E-state index in [0.29, 0.717) is 31.5 Å². The van der Waals surface area contributed by atoms with Gasteiger partial charge in [-0.2, -0.15) is 0 Å². The molecule has 1 aliphatic rings. The zero-order valence-corrected chi connectivity index (χ0v) is 19.0. The predicted octanol–water partition coefficient (Wildman–Crippen LogP) is 5.29. The van der Waals surface area contributed by atoms with Crippen molar-refractivity contribution in [1.82, 2.24) is 0 Å². The molecule has 1 saturated carbocycles. The van der Waals surface area contributed by atoms with Crippen molar-refractivity contribution >= 4 is 20.0 Å². The molecule has 4 nitrogen and oxygen atoms in total. The number of rotatable bonds is 10. The lowest BCUT2D eigenvalue weighted by molar-refractivity contribution is -0.175. The first kappa shape index (κ1) is 23.2. The summed E-state index contributed by atoms with van der Waals surface area (Å²) in [5.41, 5.74) is -1.12. The van der Waals surface area contributed by atoms with Crippen molar-refractivity contribution in [2.75, 3.05) is 13.2 Å². The van der Waals surface area contributed by atoms with Gasteiger partial charge in [0, 0.05) is 0 Å². The maximum Gasteiger partial charge on any atom is 0.323 e. The third-order valence-corrected chi connectivity index (χ3v) is 13.2. The molecule has 1 rings (SSSR count). The lowest BCUT2D eigenvalue weighted by Gasteiger charge is -2.36. The molecule has 1 aliphatic carbocycles. The standard InChI is InChI=1S/C21H40O4Si/c1-8-17-14-21(19(22)24-9-2,20(23)25-10-3)16(7)18(17)15-26(11-4,12-5)13-6/h16-18H,8-15H2,1-7H3/t16?,17-,18-/m1/s1. The number of esters is 2. The summed E-state index contributed by atoms with van der Waals surface area (Å²) in [6.07, 6.45) is 1.58. The molecule has 0 saturated heterocycles. The Morgan fingerprint density at radius 2 is 1.38 bits per heavy atom. The van der Waals surface area contributed by atoms with Crippen molar-refractivity contribution in [2.24, 2.45) is 23.2 Å². The molecule has 1 fully saturated rings. The van der Waals surface area contributed by atoms with Crippen molar-refractivity contribution in [3.63, 3.8) is 0 Å². The minimum absolute atomic E-state index is 0.0259. The van der Waals surface area contributed by atoms with Crippen molar-refractivity contribution in [2.45, 2.75) is 85.5 Å². The molecule has 1 unspecified atom stereocenters. The van der Waals surface area contributed by atoms with E-state index in [4.69, 9.17) is 9.47 Å². The van der Waals surface area contributed by atoms with Gasteiger partial charge in [-0.15, -0.1) is 0 Å². The van der Waals surface area contributed by atoms with E-state index in [2.05, 4.69) is 34.6 Å². The van der Waals surface area contributed by atoms with Gasteiger partial charge in [-0.05, 0) is 38.0 Å². The maximum absolute atomic E-state index is 13.0. The number of ether oxygens (including phenoxy) is 2. The Hall–Kier alpha value is -0.843. The monoisotopic (exact) mass is 384 g/mol. The van der Waals surface area contributed by atoms with Crippen LogP contribution in [0.2, 0.25) is 24.2 Å². The highest BCUT2D eigenvalue weighted by molar-refractivity contribution is 6.79. The fourth-order valence-corrected chi connectivity index (χ4v) is 9.19. The molecule has 152 valence electrons.